The van der Waals surface area contributed by atoms with Gasteiger partial charge in [0.1, 0.15) is 0 Å². The van der Waals surface area contributed by atoms with E-state index in [1.165, 1.54) is 19.3 Å². The molecule has 2 rings (SSSR count). The van der Waals surface area contributed by atoms with Gasteiger partial charge >= 0.3 is 0 Å². The largest absolute Gasteiger partial charge is 0.319 e. The number of anilines is 1. The smallest absolute Gasteiger partial charge is 0.261 e. The maximum absolute atomic E-state index is 11.9. The number of amides is 1. The molecule has 112 valence electrons. The molecule has 1 heterocycles. The van der Waals surface area contributed by atoms with Gasteiger partial charge in [0.2, 0.25) is 0 Å². The van der Waals surface area contributed by atoms with E-state index in [4.69, 9.17) is 33.9 Å². The second-order valence-electron chi connectivity index (χ2n) is 4.05. The lowest BCUT2D eigenvalue weighted by Gasteiger charge is -2.13. The maximum Gasteiger partial charge on any atom is 0.261 e. The number of carbonyl (C=O) groups excluding carboxylic acids is 1. The molecule has 0 saturated carbocycles. The van der Waals surface area contributed by atoms with Gasteiger partial charge in [0, 0.05) is 16.9 Å². The minimum atomic E-state index is -3.99. The number of nitrogens with one attached hydrogen (secondary N) is 2. The molecular formula is C11H8Cl3N3O3S. The number of carbonyl (C=O) groups is 1. The average Bonchev–Trinajstić information content (AvgIpc) is 2.91. The van der Waals surface area contributed by atoms with Gasteiger partial charge < -0.3 is 5.32 Å². The van der Waals surface area contributed by atoms with E-state index < -0.39 is 15.0 Å². The molecule has 0 fully saturated rings. The maximum atomic E-state index is 11.9. The van der Waals surface area contributed by atoms with E-state index >= 15 is 0 Å². The summed E-state index contributed by atoms with van der Waals surface area (Å²) in [5.41, 5.74) is 0.568. The molecule has 0 saturated heterocycles. The highest BCUT2D eigenvalue weighted by atomic mass is 35.7. The number of nitrogens with zero attached hydrogens (tertiary/aromatic N) is 1. The van der Waals surface area contributed by atoms with Crippen molar-refractivity contribution in [3.05, 3.63) is 39.6 Å². The van der Waals surface area contributed by atoms with Gasteiger partial charge in [0.05, 0.1) is 32.4 Å². The summed E-state index contributed by atoms with van der Waals surface area (Å²) in [6.45, 7) is 1.46. The Balaban J connectivity index is 2.47. The van der Waals surface area contributed by atoms with Crippen molar-refractivity contribution in [1.82, 2.24) is 10.2 Å². The molecule has 0 aliphatic rings. The van der Waals surface area contributed by atoms with Crippen molar-refractivity contribution in [2.45, 2.75) is 11.8 Å². The van der Waals surface area contributed by atoms with Gasteiger partial charge in [-0.3, -0.25) is 9.89 Å². The molecule has 0 aliphatic heterocycles. The standard InChI is InChI=1S/C11H8Cl3N3O3S/c1-5-8(21(14,19)20)2-7(12)10(9(5)13)17-11(18)6-3-15-16-4-6/h2-4H,1H3,(H,15,16)(H,17,18). The van der Waals surface area contributed by atoms with Crippen molar-refractivity contribution in [3.8, 4) is 0 Å². The lowest BCUT2D eigenvalue weighted by Crippen LogP contribution is -2.12. The number of H-pyrrole nitrogens is 1. The first-order valence-electron chi connectivity index (χ1n) is 5.45. The van der Waals surface area contributed by atoms with Crippen LogP contribution in [0, 0.1) is 6.92 Å². The molecule has 1 aromatic heterocycles. The van der Waals surface area contributed by atoms with E-state index in [1.54, 1.807) is 0 Å². The zero-order valence-electron chi connectivity index (χ0n) is 10.4. The summed E-state index contributed by atoms with van der Waals surface area (Å²) >= 11 is 12.0. The summed E-state index contributed by atoms with van der Waals surface area (Å²) in [5, 5.41) is 8.60. The quantitative estimate of drug-likeness (QED) is 0.814. The summed E-state index contributed by atoms with van der Waals surface area (Å²) < 4.78 is 22.9. The van der Waals surface area contributed by atoms with Crippen LogP contribution in [0.25, 0.3) is 0 Å². The second-order valence-corrected chi connectivity index (χ2v) is 7.37. The third-order valence-electron chi connectivity index (χ3n) is 2.68. The fourth-order valence-corrected chi connectivity index (χ4v) is 3.50. The van der Waals surface area contributed by atoms with Gasteiger partial charge in [-0.25, -0.2) is 8.42 Å². The summed E-state index contributed by atoms with van der Waals surface area (Å²) in [6.07, 6.45) is 2.71. The van der Waals surface area contributed by atoms with Crippen LogP contribution >= 0.6 is 33.9 Å². The summed E-state index contributed by atoms with van der Waals surface area (Å²) in [4.78, 5) is 11.7. The molecular weight excluding hydrogens is 361 g/mol. The van der Waals surface area contributed by atoms with E-state index in [9.17, 15) is 13.2 Å². The van der Waals surface area contributed by atoms with Gasteiger partial charge in [0.15, 0.2) is 0 Å². The molecule has 2 aromatic rings. The summed E-state index contributed by atoms with van der Waals surface area (Å²) in [6, 6.07) is 1.14. The SMILES string of the molecule is Cc1c(S(=O)(=O)Cl)cc(Cl)c(NC(=O)c2cn[nH]c2)c1Cl. The van der Waals surface area contributed by atoms with Crippen molar-refractivity contribution < 1.29 is 13.2 Å². The number of benzene rings is 1. The highest BCUT2D eigenvalue weighted by Gasteiger charge is 2.22. The van der Waals surface area contributed by atoms with E-state index in [1.807, 2.05) is 0 Å². The van der Waals surface area contributed by atoms with Crippen LogP contribution in [-0.2, 0) is 9.05 Å². The van der Waals surface area contributed by atoms with Crippen molar-refractivity contribution in [2.75, 3.05) is 5.32 Å². The lowest BCUT2D eigenvalue weighted by atomic mass is 10.2. The van der Waals surface area contributed by atoms with Gasteiger partial charge in [-0.2, -0.15) is 5.10 Å². The third kappa shape index (κ3) is 3.32. The van der Waals surface area contributed by atoms with Gasteiger partial charge in [-0.1, -0.05) is 23.2 Å². The number of aromatic amines is 1. The van der Waals surface area contributed by atoms with E-state index in [0.29, 0.717) is 0 Å². The van der Waals surface area contributed by atoms with Crippen LogP contribution in [0.4, 0.5) is 5.69 Å². The van der Waals surface area contributed by atoms with Gasteiger partial charge in [0.25, 0.3) is 15.0 Å². The fourth-order valence-electron chi connectivity index (χ4n) is 1.62. The first kappa shape index (κ1) is 16.1. The van der Waals surface area contributed by atoms with E-state index in [2.05, 4.69) is 15.5 Å². The normalized spacial score (nSPS) is 11.4. The lowest BCUT2D eigenvalue weighted by molar-refractivity contribution is 0.102. The van der Waals surface area contributed by atoms with Crippen molar-refractivity contribution >= 4 is 54.5 Å². The van der Waals surface area contributed by atoms with Crippen molar-refractivity contribution in [1.29, 1.82) is 0 Å². The molecule has 0 atom stereocenters. The molecule has 0 unspecified atom stereocenters. The molecule has 2 N–H and O–H groups in total. The summed E-state index contributed by atoms with van der Waals surface area (Å²) in [5.74, 6) is -0.492. The average molecular weight is 369 g/mol. The molecule has 1 amide bonds. The van der Waals surface area contributed by atoms with E-state index in [0.717, 1.165) is 6.07 Å². The van der Waals surface area contributed by atoms with Crippen LogP contribution < -0.4 is 5.32 Å². The monoisotopic (exact) mass is 367 g/mol. The second kappa shape index (κ2) is 5.84. The van der Waals surface area contributed by atoms with Gasteiger partial charge in [-0.15, -0.1) is 0 Å². The Morgan fingerprint density at radius 2 is 2.05 bits per heavy atom. The molecule has 21 heavy (non-hydrogen) atoms. The predicted molar refractivity (Wildman–Crippen MR) is 80.8 cm³/mol. The Bertz CT molecular complexity index is 804. The van der Waals surface area contributed by atoms with Crippen LogP contribution in [0.5, 0.6) is 0 Å². The number of hydrogen-bond acceptors (Lipinski definition) is 4. The Morgan fingerprint density at radius 1 is 1.38 bits per heavy atom. The molecule has 6 nitrogen and oxygen atoms in total. The number of halogens is 3. The highest BCUT2D eigenvalue weighted by molar-refractivity contribution is 8.13. The highest BCUT2D eigenvalue weighted by Crippen LogP contribution is 2.38. The molecule has 0 aliphatic carbocycles. The molecule has 1 aromatic carbocycles. The number of rotatable bonds is 3. The Labute approximate surface area is 134 Å². The first-order valence-corrected chi connectivity index (χ1v) is 8.51. The molecule has 0 bridgehead atoms. The number of hydrogen-bond donors (Lipinski definition) is 2. The van der Waals surface area contributed by atoms with Crippen LogP contribution in [0.2, 0.25) is 10.0 Å². The van der Waals surface area contributed by atoms with Crippen LogP contribution in [0.3, 0.4) is 0 Å². The Hall–Kier alpha value is -1.28. The zero-order valence-corrected chi connectivity index (χ0v) is 13.5. The fraction of sp³-hybridized carbons (Fsp3) is 0.0909. The molecule has 0 spiro atoms. The van der Waals surface area contributed by atoms with Crippen LogP contribution in [0.15, 0.2) is 23.4 Å². The Kier molecular flexibility index (Phi) is 4.48. The van der Waals surface area contributed by atoms with Crippen molar-refractivity contribution in [2.24, 2.45) is 0 Å². The zero-order chi connectivity index (χ0) is 15.8. The molecule has 0 radical (unpaired) electrons. The predicted octanol–water partition coefficient (Wildman–Crippen LogP) is 3.20. The molecule has 10 heteroatoms. The van der Waals surface area contributed by atoms with Gasteiger partial charge in [-0.05, 0) is 18.6 Å². The Morgan fingerprint density at radius 3 is 2.57 bits per heavy atom. The first-order chi connectivity index (χ1) is 9.71. The number of aromatic nitrogens is 2. The minimum absolute atomic E-state index is 0.00132. The van der Waals surface area contributed by atoms with E-state index in [-0.39, 0.29) is 31.8 Å². The van der Waals surface area contributed by atoms with Crippen LogP contribution in [0.1, 0.15) is 15.9 Å². The minimum Gasteiger partial charge on any atom is -0.319 e. The van der Waals surface area contributed by atoms with Crippen LogP contribution in [-0.4, -0.2) is 24.5 Å². The summed E-state index contributed by atoms with van der Waals surface area (Å²) in [7, 11) is 1.31. The van der Waals surface area contributed by atoms with Crippen molar-refractivity contribution in [3.63, 3.8) is 0 Å². The third-order valence-corrected chi connectivity index (χ3v) is 4.90. The topological polar surface area (TPSA) is 91.9 Å².